The van der Waals surface area contributed by atoms with Crippen LogP contribution in [0.5, 0.6) is 5.75 Å². The third kappa shape index (κ3) is 8.75. The van der Waals surface area contributed by atoms with Crippen LogP contribution in [0.25, 0.3) is 0 Å². The Morgan fingerprint density at radius 1 is 1.03 bits per heavy atom. The molecule has 12 heteroatoms. The van der Waals surface area contributed by atoms with Gasteiger partial charge in [0, 0.05) is 6.54 Å². The minimum atomic E-state index is -1.37. The van der Waals surface area contributed by atoms with E-state index in [0.29, 0.717) is 12.0 Å². The van der Waals surface area contributed by atoms with Crippen LogP contribution in [0.15, 0.2) is 29.3 Å². The largest absolute Gasteiger partial charge is 0.508 e. The van der Waals surface area contributed by atoms with Crippen molar-refractivity contribution >= 4 is 23.7 Å². The highest BCUT2D eigenvalue weighted by molar-refractivity contribution is 5.91. The predicted octanol–water partition coefficient (Wildman–Crippen LogP) is -2.64. The smallest absolute Gasteiger partial charge is 0.326 e. The number of aliphatic hydroxyl groups excluding tert-OH is 1. The number of rotatable bonds is 12. The van der Waals surface area contributed by atoms with Crippen molar-refractivity contribution in [2.45, 2.75) is 37.4 Å². The molecule has 0 bridgehead atoms. The molecule has 30 heavy (non-hydrogen) atoms. The van der Waals surface area contributed by atoms with Crippen molar-refractivity contribution in [2.75, 3.05) is 13.2 Å². The van der Waals surface area contributed by atoms with Crippen molar-refractivity contribution in [2.24, 2.45) is 22.2 Å². The number of amides is 2. The first-order valence-electron chi connectivity index (χ1n) is 9.17. The number of aliphatic hydroxyl groups is 1. The number of aliphatic carboxylic acids is 1. The lowest BCUT2D eigenvalue weighted by Gasteiger charge is -2.21. The molecule has 11 N–H and O–H groups in total. The Bertz CT molecular complexity index is 750. The van der Waals surface area contributed by atoms with Gasteiger partial charge in [0.2, 0.25) is 11.8 Å². The van der Waals surface area contributed by atoms with Crippen LogP contribution in [0.3, 0.4) is 0 Å². The van der Waals surface area contributed by atoms with Crippen molar-refractivity contribution < 1.29 is 29.7 Å². The number of carbonyl (C=O) groups is 3. The molecule has 1 rings (SSSR count). The maximum Gasteiger partial charge on any atom is 0.326 e. The number of hydrogen-bond donors (Lipinski definition) is 8. The molecular formula is C18H28N6O6. The Labute approximate surface area is 173 Å². The van der Waals surface area contributed by atoms with E-state index in [0.717, 1.165) is 0 Å². The number of guanidine groups is 1. The Hall–Kier alpha value is -3.38. The van der Waals surface area contributed by atoms with E-state index in [1.165, 1.54) is 12.1 Å². The van der Waals surface area contributed by atoms with Crippen molar-refractivity contribution in [3.63, 3.8) is 0 Å². The first-order chi connectivity index (χ1) is 14.1. The number of aliphatic imine (C=N–C) groups is 1. The number of carboxylic acids is 1. The van der Waals surface area contributed by atoms with Gasteiger partial charge in [-0.2, -0.15) is 0 Å². The SMILES string of the molecule is NC(N)=NCCCC(NC(=O)C(CO)NC(=O)C(N)Cc1ccc(O)cc1)C(=O)O. The topological polar surface area (TPSA) is 226 Å². The number of carbonyl (C=O) groups excluding carboxylic acids is 2. The van der Waals surface area contributed by atoms with Gasteiger partial charge in [0.15, 0.2) is 5.96 Å². The quantitative estimate of drug-likeness (QED) is 0.0995. The van der Waals surface area contributed by atoms with Gasteiger partial charge in [-0.1, -0.05) is 12.1 Å². The third-order valence-electron chi connectivity index (χ3n) is 4.10. The standard InChI is InChI=1S/C18H28N6O6/c19-12(8-10-3-5-11(26)6-4-10)15(27)24-14(9-25)16(28)23-13(17(29)30)2-1-7-22-18(20)21/h3-6,12-14,25-26H,1-2,7-9,19H2,(H,23,28)(H,24,27)(H,29,30)(H4,20,21,22). The number of benzene rings is 1. The third-order valence-corrected chi connectivity index (χ3v) is 4.10. The van der Waals surface area contributed by atoms with E-state index in [2.05, 4.69) is 15.6 Å². The second-order valence-electron chi connectivity index (χ2n) is 6.57. The lowest BCUT2D eigenvalue weighted by Crippen LogP contribution is -2.56. The Kier molecular flexibility index (Phi) is 10.1. The number of nitrogens with two attached hydrogens (primary N) is 3. The molecule has 0 saturated heterocycles. The van der Waals surface area contributed by atoms with Crippen LogP contribution < -0.4 is 27.8 Å². The molecule has 0 aliphatic rings. The zero-order chi connectivity index (χ0) is 22.7. The molecule has 0 radical (unpaired) electrons. The van der Waals surface area contributed by atoms with Crippen LogP contribution in [0.4, 0.5) is 0 Å². The number of carboxylic acid groups (broad SMARTS) is 1. The number of phenolic OH excluding ortho intramolecular Hbond substituents is 1. The van der Waals surface area contributed by atoms with Crippen molar-refractivity contribution in [1.82, 2.24) is 10.6 Å². The van der Waals surface area contributed by atoms with Crippen LogP contribution in [-0.2, 0) is 20.8 Å². The van der Waals surface area contributed by atoms with Gasteiger partial charge >= 0.3 is 5.97 Å². The van der Waals surface area contributed by atoms with Crippen LogP contribution in [-0.4, -0.2) is 70.3 Å². The van der Waals surface area contributed by atoms with Gasteiger partial charge in [-0.15, -0.1) is 0 Å². The summed E-state index contributed by atoms with van der Waals surface area (Å²) in [5.74, 6) is -2.90. The molecule has 3 atom stereocenters. The average Bonchev–Trinajstić information content (AvgIpc) is 2.69. The van der Waals surface area contributed by atoms with E-state index < -0.39 is 42.5 Å². The number of phenols is 1. The summed E-state index contributed by atoms with van der Waals surface area (Å²) >= 11 is 0. The van der Waals surface area contributed by atoms with Crippen molar-refractivity contribution in [3.05, 3.63) is 29.8 Å². The molecule has 0 aliphatic carbocycles. The number of hydrogen-bond acceptors (Lipinski definition) is 7. The molecule has 12 nitrogen and oxygen atoms in total. The molecule has 0 saturated carbocycles. The lowest BCUT2D eigenvalue weighted by molar-refractivity contribution is -0.142. The first kappa shape index (κ1) is 24.7. The van der Waals surface area contributed by atoms with Gasteiger partial charge in [-0.3, -0.25) is 14.6 Å². The summed E-state index contributed by atoms with van der Waals surface area (Å²) in [6.07, 6.45) is 0.474. The highest BCUT2D eigenvalue weighted by Gasteiger charge is 2.27. The van der Waals surface area contributed by atoms with Crippen LogP contribution in [0, 0.1) is 0 Å². The van der Waals surface area contributed by atoms with E-state index in [1.54, 1.807) is 12.1 Å². The summed E-state index contributed by atoms with van der Waals surface area (Å²) in [4.78, 5) is 39.6. The zero-order valence-electron chi connectivity index (χ0n) is 16.3. The fourth-order valence-corrected chi connectivity index (χ4v) is 2.48. The van der Waals surface area contributed by atoms with Crippen molar-refractivity contribution in [3.8, 4) is 5.75 Å². The summed E-state index contributed by atoms with van der Waals surface area (Å²) in [6.45, 7) is -0.557. The van der Waals surface area contributed by atoms with E-state index in [4.69, 9.17) is 17.2 Å². The monoisotopic (exact) mass is 424 g/mol. The van der Waals surface area contributed by atoms with Gasteiger partial charge in [0.05, 0.1) is 12.6 Å². The van der Waals surface area contributed by atoms with E-state index in [1.807, 2.05) is 0 Å². The number of aromatic hydroxyl groups is 1. The summed E-state index contributed by atoms with van der Waals surface area (Å²) < 4.78 is 0. The van der Waals surface area contributed by atoms with Crippen LogP contribution in [0.2, 0.25) is 0 Å². The fraction of sp³-hybridized carbons (Fsp3) is 0.444. The molecule has 0 heterocycles. The maximum absolute atomic E-state index is 12.3. The zero-order valence-corrected chi connectivity index (χ0v) is 16.3. The lowest BCUT2D eigenvalue weighted by atomic mass is 10.1. The molecule has 1 aromatic rings. The van der Waals surface area contributed by atoms with Gasteiger partial charge in [0.1, 0.15) is 17.8 Å². The van der Waals surface area contributed by atoms with Crippen molar-refractivity contribution in [1.29, 1.82) is 0 Å². The van der Waals surface area contributed by atoms with Gasteiger partial charge < -0.3 is 43.2 Å². The summed E-state index contributed by atoms with van der Waals surface area (Å²) in [6, 6.07) is 2.45. The Morgan fingerprint density at radius 2 is 1.63 bits per heavy atom. The summed E-state index contributed by atoms with van der Waals surface area (Å²) in [5.41, 5.74) is 16.9. The molecular weight excluding hydrogens is 396 g/mol. The second kappa shape index (κ2) is 12.2. The molecule has 2 amide bonds. The molecule has 3 unspecified atom stereocenters. The predicted molar refractivity (Wildman–Crippen MR) is 108 cm³/mol. The van der Waals surface area contributed by atoms with E-state index in [-0.39, 0.29) is 31.1 Å². The van der Waals surface area contributed by atoms with Gasteiger partial charge in [-0.25, -0.2) is 4.79 Å². The van der Waals surface area contributed by atoms with Crippen LogP contribution in [0.1, 0.15) is 18.4 Å². The second-order valence-corrected chi connectivity index (χ2v) is 6.57. The van der Waals surface area contributed by atoms with E-state index >= 15 is 0 Å². The number of nitrogens with zero attached hydrogens (tertiary/aromatic N) is 1. The number of nitrogens with one attached hydrogen (secondary N) is 2. The Morgan fingerprint density at radius 3 is 2.17 bits per heavy atom. The molecule has 166 valence electrons. The average molecular weight is 424 g/mol. The van der Waals surface area contributed by atoms with Gasteiger partial charge in [0.25, 0.3) is 0 Å². The molecule has 0 aliphatic heterocycles. The fourth-order valence-electron chi connectivity index (χ4n) is 2.48. The highest BCUT2D eigenvalue weighted by Crippen LogP contribution is 2.11. The minimum Gasteiger partial charge on any atom is -0.508 e. The van der Waals surface area contributed by atoms with Gasteiger partial charge in [-0.05, 0) is 37.0 Å². The Balaban J connectivity index is 2.62. The minimum absolute atomic E-state index is 0.0459. The molecule has 0 aromatic heterocycles. The summed E-state index contributed by atoms with van der Waals surface area (Å²) in [5, 5.41) is 32.5. The summed E-state index contributed by atoms with van der Waals surface area (Å²) in [7, 11) is 0. The van der Waals surface area contributed by atoms with E-state index in [9.17, 15) is 29.7 Å². The molecule has 0 spiro atoms. The normalized spacial score (nSPS) is 13.5. The highest BCUT2D eigenvalue weighted by atomic mass is 16.4. The van der Waals surface area contributed by atoms with Crippen LogP contribution >= 0.6 is 0 Å². The maximum atomic E-state index is 12.3. The molecule has 0 fully saturated rings. The molecule has 1 aromatic carbocycles. The first-order valence-corrected chi connectivity index (χ1v) is 9.17.